The van der Waals surface area contributed by atoms with E-state index in [-0.39, 0.29) is 6.29 Å². The number of carbonyl (C=O) groups excluding carboxylic acids is 1. The molecule has 0 aliphatic carbocycles. The van der Waals surface area contributed by atoms with Crippen molar-refractivity contribution in [3.05, 3.63) is 0 Å². The van der Waals surface area contributed by atoms with Gasteiger partial charge in [-0.1, -0.05) is 0 Å². The van der Waals surface area contributed by atoms with Gasteiger partial charge in [0.1, 0.15) is 6.29 Å². The van der Waals surface area contributed by atoms with Gasteiger partial charge in [-0.3, -0.25) is 0 Å². The molecule has 0 bridgehead atoms. The first-order chi connectivity index (χ1) is 5.35. The number of rotatable bonds is 3. The quantitative estimate of drug-likeness (QED) is 0.638. The van der Waals surface area contributed by atoms with Gasteiger partial charge in [0, 0.05) is 0 Å². The summed E-state index contributed by atoms with van der Waals surface area (Å²) in [5.74, 6) is 0. The normalized spacial score (nSPS) is 13.6. The smallest absolute Gasteiger partial charge is 0.405 e. The maximum Gasteiger partial charge on any atom is 0.405 e. The molecule has 12 heavy (non-hydrogen) atoms. The van der Waals surface area contributed by atoms with Gasteiger partial charge in [-0.05, 0) is 0 Å². The monoisotopic (exact) mass is 185 g/mol. The Morgan fingerprint density at radius 2 is 2.08 bits per heavy atom. The summed E-state index contributed by atoms with van der Waals surface area (Å²) in [7, 11) is 0. The minimum absolute atomic E-state index is 0.0956. The number of nitrogens with one attached hydrogen (secondary N) is 1. The van der Waals surface area contributed by atoms with Crippen LogP contribution in [0, 0.1) is 0 Å². The Bertz CT molecular complexity index is 179. The SMILES string of the molecule is O=CC(CC(F)(F)F)NC(=O)O. The molecule has 4 nitrogen and oxygen atoms in total. The van der Waals surface area contributed by atoms with E-state index in [4.69, 9.17) is 5.11 Å². The van der Waals surface area contributed by atoms with E-state index in [9.17, 15) is 22.8 Å². The Morgan fingerprint density at radius 1 is 1.58 bits per heavy atom. The molecule has 0 rings (SSSR count). The maximum absolute atomic E-state index is 11.6. The standard InChI is InChI=1S/C5H6F3NO3/c6-5(7,8)1-3(2-10)9-4(11)12/h2-3,9H,1H2,(H,11,12). The van der Waals surface area contributed by atoms with Gasteiger partial charge in [0.15, 0.2) is 0 Å². The summed E-state index contributed by atoms with van der Waals surface area (Å²) in [5.41, 5.74) is 0. The molecule has 0 saturated carbocycles. The van der Waals surface area contributed by atoms with Crippen molar-refractivity contribution in [3.63, 3.8) is 0 Å². The van der Waals surface area contributed by atoms with E-state index in [1.165, 1.54) is 5.32 Å². The molecule has 1 atom stereocenters. The lowest BCUT2D eigenvalue weighted by atomic mass is 10.2. The zero-order valence-corrected chi connectivity index (χ0v) is 5.76. The Morgan fingerprint density at radius 3 is 2.33 bits per heavy atom. The molecule has 0 aromatic carbocycles. The number of aldehydes is 1. The molecule has 0 aromatic rings. The Labute approximate surface area is 65.4 Å². The highest BCUT2D eigenvalue weighted by molar-refractivity contribution is 5.71. The highest BCUT2D eigenvalue weighted by Gasteiger charge is 2.32. The molecule has 0 aliphatic heterocycles. The van der Waals surface area contributed by atoms with Crippen LogP contribution in [0.5, 0.6) is 0 Å². The Hall–Kier alpha value is -1.27. The molecule has 1 unspecified atom stereocenters. The Balaban J connectivity index is 4.00. The summed E-state index contributed by atoms with van der Waals surface area (Å²) in [4.78, 5) is 19.7. The number of halogens is 3. The number of amides is 1. The minimum Gasteiger partial charge on any atom is -0.465 e. The van der Waals surface area contributed by atoms with E-state index in [1.807, 2.05) is 0 Å². The van der Waals surface area contributed by atoms with Crippen LogP contribution >= 0.6 is 0 Å². The molecular formula is C5H6F3NO3. The van der Waals surface area contributed by atoms with Crippen LogP contribution in [-0.2, 0) is 4.79 Å². The average Bonchev–Trinajstić information content (AvgIpc) is 1.82. The van der Waals surface area contributed by atoms with Crippen LogP contribution in [0.2, 0.25) is 0 Å². The van der Waals surface area contributed by atoms with E-state index in [0.29, 0.717) is 0 Å². The van der Waals surface area contributed by atoms with Gasteiger partial charge >= 0.3 is 12.3 Å². The molecule has 0 fully saturated rings. The predicted molar refractivity (Wildman–Crippen MR) is 31.7 cm³/mol. The van der Waals surface area contributed by atoms with E-state index in [2.05, 4.69) is 0 Å². The van der Waals surface area contributed by atoms with Crippen molar-refractivity contribution in [1.82, 2.24) is 5.32 Å². The molecular weight excluding hydrogens is 179 g/mol. The van der Waals surface area contributed by atoms with Crippen LogP contribution in [0.15, 0.2) is 0 Å². The molecule has 7 heteroatoms. The van der Waals surface area contributed by atoms with Crippen molar-refractivity contribution in [3.8, 4) is 0 Å². The number of carboxylic acid groups (broad SMARTS) is 1. The highest BCUT2D eigenvalue weighted by Crippen LogP contribution is 2.20. The summed E-state index contributed by atoms with van der Waals surface area (Å²) in [5, 5.41) is 9.39. The van der Waals surface area contributed by atoms with Crippen LogP contribution in [0.3, 0.4) is 0 Å². The maximum atomic E-state index is 11.6. The van der Waals surface area contributed by atoms with Crippen molar-refractivity contribution >= 4 is 12.4 Å². The van der Waals surface area contributed by atoms with Crippen LogP contribution in [0.25, 0.3) is 0 Å². The molecule has 0 radical (unpaired) electrons. The lowest BCUT2D eigenvalue weighted by Crippen LogP contribution is -2.38. The number of carbonyl (C=O) groups is 2. The first-order valence-corrected chi connectivity index (χ1v) is 2.86. The first-order valence-electron chi connectivity index (χ1n) is 2.86. The van der Waals surface area contributed by atoms with Crippen molar-refractivity contribution in [2.24, 2.45) is 0 Å². The van der Waals surface area contributed by atoms with E-state index >= 15 is 0 Å². The average molecular weight is 185 g/mol. The third-order valence-electron chi connectivity index (χ3n) is 0.925. The Kier molecular flexibility index (Phi) is 3.52. The fraction of sp³-hybridized carbons (Fsp3) is 0.600. The van der Waals surface area contributed by atoms with Gasteiger partial charge in [-0.2, -0.15) is 13.2 Å². The van der Waals surface area contributed by atoms with Crippen LogP contribution in [-0.4, -0.2) is 29.7 Å². The fourth-order valence-electron chi connectivity index (χ4n) is 0.541. The second-order valence-electron chi connectivity index (χ2n) is 2.01. The van der Waals surface area contributed by atoms with Crippen LogP contribution in [0.1, 0.15) is 6.42 Å². The second kappa shape index (κ2) is 3.93. The summed E-state index contributed by atoms with van der Waals surface area (Å²) in [6.07, 6.45) is -7.78. The van der Waals surface area contributed by atoms with Gasteiger partial charge in [0.25, 0.3) is 0 Å². The summed E-state index contributed by atoms with van der Waals surface area (Å²) >= 11 is 0. The third-order valence-corrected chi connectivity index (χ3v) is 0.925. The van der Waals surface area contributed by atoms with Crippen LogP contribution < -0.4 is 5.32 Å². The zero-order chi connectivity index (χ0) is 9.78. The second-order valence-corrected chi connectivity index (χ2v) is 2.01. The molecule has 0 aromatic heterocycles. The fourth-order valence-corrected chi connectivity index (χ4v) is 0.541. The van der Waals surface area contributed by atoms with Crippen molar-refractivity contribution in [2.45, 2.75) is 18.6 Å². The third kappa shape index (κ3) is 5.51. The van der Waals surface area contributed by atoms with Crippen molar-refractivity contribution in [1.29, 1.82) is 0 Å². The first kappa shape index (κ1) is 10.7. The van der Waals surface area contributed by atoms with Crippen molar-refractivity contribution in [2.75, 3.05) is 0 Å². The molecule has 0 saturated heterocycles. The molecule has 0 heterocycles. The molecule has 0 spiro atoms. The van der Waals surface area contributed by atoms with E-state index < -0.39 is 24.7 Å². The van der Waals surface area contributed by atoms with E-state index in [0.717, 1.165) is 0 Å². The van der Waals surface area contributed by atoms with Crippen molar-refractivity contribution < 1.29 is 27.9 Å². The van der Waals surface area contributed by atoms with Crippen LogP contribution in [0.4, 0.5) is 18.0 Å². The largest absolute Gasteiger partial charge is 0.465 e. The number of alkyl halides is 3. The predicted octanol–water partition coefficient (Wildman–Crippen LogP) is 0.774. The number of hydrogen-bond acceptors (Lipinski definition) is 2. The molecule has 70 valence electrons. The molecule has 2 N–H and O–H groups in total. The van der Waals surface area contributed by atoms with Gasteiger partial charge in [-0.15, -0.1) is 0 Å². The summed E-state index contributed by atoms with van der Waals surface area (Å²) in [6, 6.07) is -1.72. The topological polar surface area (TPSA) is 66.4 Å². The molecule has 1 amide bonds. The zero-order valence-electron chi connectivity index (χ0n) is 5.76. The van der Waals surface area contributed by atoms with Gasteiger partial charge in [0.2, 0.25) is 0 Å². The van der Waals surface area contributed by atoms with Gasteiger partial charge in [0.05, 0.1) is 12.5 Å². The summed E-state index contributed by atoms with van der Waals surface area (Å²) in [6.45, 7) is 0. The van der Waals surface area contributed by atoms with E-state index in [1.54, 1.807) is 0 Å². The minimum atomic E-state index is -4.55. The van der Waals surface area contributed by atoms with Gasteiger partial charge < -0.3 is 15.2 Å². The highest BCUT2D eigenvalue weighted by atomic mass is 19.4. The van der Waals surface area contributed by atoms with Gasteiger partial charge in [-0.25, -0.2) is 4.79 Å². The lowest BCUT2D eigenvalue weighted by Gasteiger charge is -2.11. The molecule has 0 aliphatic rings. The summed E-state index contributed by atoms with van der Waals surface area (Å²) < 4.78 is 34.7. The number of hydrogen-bond donors (Lipinski definition) is 2. The lowest BCUT2D eigenvalue weighted by molar-refractivity contribution is -0.143.